The third kappa shape index (κ3) is 5.70. The van der Waals surface area contributed by atoms with Crippen molar-refractivity contribution >= 4 is 9.84 Å². The first kappa shape index (κ1) is 14.0. The third-order valence-electron chi connectivity index (χ3n) is 2.38. The Morgan fingerprint density at radius 1 is 1.29 bits per heavy atom. The highest BCUT2D eigenvalue weighted by Gasteiger charge is 2.02. The Bertz CT molecular complexity index is 443. The van der Waals surface area contributed by atoms with Crippen LogP contribution in [0.5, 0.6) is 5.75 Å². The lowest BCUT2D eigenvalue weighted by molar-refractivity contribution is 0.407. The van der Waals surface area contributed by atoms with E-state index >= 15 is 0 Å². The number of para-hydroxylation sites is 1. The van der Waals surface area contributed by atoms with Crippen LogP contribution in [0.1, 0.15) is 12.0 Å². The summed E-state index contributed by atoms with van der Waals surface area (Å²) in [6.07, 6.45) is 1.89. The number of nitrogens with one attached hydrogen (secondary N) is 1. The maximum Gasteiger partial charge on any atom is 0.147 e. The zero-order chi connectivity index (χ0) is 12.7. The molecule has 0 spiro atoms. The zero-order valence-electron chi connectivity index (χ0n) is 10.3. The Balaban J connectivity index is 2.31. The molecule has 0 fully saturated rings. The molecule has 1 N–H and O–H groups in total. The van der Waals surface area contributed by atoms with Crippen LogP contribution in [-0.4, -0.2) is 34.1 Å². The second kappa shape index (κ2) is 6.61. The van der Waals surface area contributed by atoms with Crippen LogP contribution in [0.25, 0.3) is 0 Å². The average Bonchev–Trinajstić information content (AvgIpc) is 2.27. The fourth-order valence-corrected chi connectivity index (χ4v) is 2.20. The molecule has 0 radical (unpaired) electrons. The van der Waals surface area contributed by atoms with Gasteiger partial charge in [-0.25, -0.2) is 8.42 Å². The number of benzene rings is 1. The topological polar surface area (TPSA) is 55.4 Å². The molecule has 1 aromatic rings. The largest absolute Gasteiger partial charge is 0.496 e. The van der Waals surface area contributed by atoms with Gasteiger partial charge in [0, 0.05) is 18.4 Å². The Kier molecular flexibility index (Phi) is 5.44. The normalized spacial score (nSPS) is 11.4. The van der Waals surface area contributed by atoms with Crippen LogP contribution in [-0.2, 0) is 16.4 Å². The van der Waals surface area contributed by atoms with Gasteiger partial charge < -0.3 is 10.1 Å². The molecule has 96 valence electrons. The van der Waals surface area contributed by atoms with Gasteiger partial charge in [0.2, 0.25) is 0 Å². The zero-order valence-corrected chi connectivity index (χ0v) is 11.1. The predicted octanol–water partition coefficient (Wildman–Crippen LogP) is 1.22. The summed E-state index contributed by atoms with van der Waals surface area (Å²) in [6, 6.07) is 7.78. The SMILES string of the molecule is COc1ccccc1CNCCCS(C)(=O)=O. The number of hydrogen-bond acceptors (Lipinski definition) is 4. The number of methoxy groups -OCH3 is 1. The summed E-state index contributed by atoms with van der Waals surface area (Å²) in [7, 11) is -1.21. The van der Waals surface area contributed by atoms with E-state index in [0.29, 0.717) is 19.5 Å². The molecule has 0 unspecified atom stereocenters. The molecule has 0 aromatic heterocycles. The molecule has 0 aliphatic heterocycles. The van der Waals surface area contributed by atoms with E-state index in [1.807, 2.05) is 24.3 Å². The highest BCUT2D eigenvalue weighted by Crippen LogP contribution is 2.16. The van der Waals surface area contributed by atoms with Crippen molar-refractivity contribution in [1.29, 1.82) is 0 Å². The van der Waals surface area contributed by atoms with Crippen LogP contribution in [0.15, 0.2) is 24.3 Å². The smallest absolute Gasteiger partial charge is 0.147 e. The molecule has 0 amide bonds. The van der Waals surface area contributed by atoms with Crippen molar-refractivity contribution in [1.82, 2.24) is 5.32 Å². The number of sulfone groups is 1. The summed E-state index contributed by atoms with van der Waals surface area (Å²) in [4.78, 5) is 0. The molecule has 5 heteroatoms. The van der Waals surface area contributed by atoms with Crippen LogP contribution in [0.4, 0.5) is 0 Å². The van der Waals surface area contributed by atoms with Gasteiger partial charge in [-0.3, -0.25) is 0 Å². The molecule has 0 atom stereocenters. The summed E-state index contributed by atoms with van der Waals surface area (Å²) in [5.41, 5.74) is 1.08. The van der Waals surface area contributed by atoms with Gasteiger partial charge in [-0.15, -0.1) is 0 Å². The lowest BCUT2D eigenvalue weighted by Crippen LogP contribution is -2.18. The van der Waals surface area contributed by atoms with E-state index < -0.39 is 9.84 Å². The average molecular weight is 257 g/mol. The summed E-state index contributed by atoms with van der Waals surface area (Å²) in [5.74, 6) is 1.08. The standard InChI is InChI=1S/C12H19NO3S/c1-16-12-7-4-3-6-11(12)10-13-8-5-9-17(2,14)15/h3-4,6-7,13H,5,8-10H2,1-2H3. The van der Waals surface area contributed by atoms with E-state index in [0.717, 1.165) is 11.3 Å². The van der Waals surface area contributed by atoms with E-state index in [9.17, 15) is 8.42 Å². The number of rotatable bonds is 7. The summed E-state index contributed by atoms with van der Waals surface area (Å²) in [6.45, 7) is 1.37. The minimum absolute atomic E-state index is 0.228. The second-order valence-corrected chi connectivity index (χ2v) is 6.23. The van der Waals surface area contributed by atoms with Gasteiger partial charge in [0.1, 0.15) is 15.6 Å². The van der Waals surface area contributed by atoms with Crippen molar-refractivity contribution in [3.63, 3.8) is 0 Å². The first-order valence-electron chi connectivity index (χ1n) is 5.53. The molecule has 1 aromatic carbocycles. The monoisotopic (exact) mass is 257 g/mol. The molecule has 1 rings (SSSR count). The molecule has 17 heavy (non-hydrogen) atoms. The fourth-order valence-electron chi connectivity index (χ4n) is 1.53. The van der Waals surface area contributed by atoms with Crippen molar-refractivity contribution in [2.24, 2.45) is 0 Å². The first-order valence-corrected chi connectivity index (χ1v) is 7.59. The van der Waals surface area contributed by atoms with Crippen LogP contribution >= 0.6 is 0 Å². The molecule has 0 heterocycles. The summed E-state index contributed by atoms with van der Waals surface area (Å²) < 4.78 is 27.1. The summed E-state index contributed by atoms with van der Waals surface area (Å²) in [5, 5.41) is 3.20. The molecule has 0 saturated heterocycles. The Labute approximate surface area is 103 Å². The highest BCUT2D eigenvalue weighted by molar-refractivity contribution is 7.90. The fraction of sp³-hybridized carbons (Fsp3) is 0.500. The lowest BCUT2D eigenvalue weighted by Gasteiger charge is -2.09. The predicted molar refractivity (Wildman–Crippen MR) is 69.0 cm³/mol. The quantitative estimate of drug-likeness (QED) is 0.746. The van der Waals surface area contributed by atoms with Crippen molar-refractivity contribution in [2.75, 3.05) is 25.7 Å². The van der Waals surface area contributed by atoms with E-state index in [2.05, 4.69) is 5.32 Å². The second-order valence-electron chi connectivity index (χ2n) is 3.97. The Morgan fingerprint density at radius 3 is 2.65 bits per heavy atom. The van der Waals surface area contributed by atoms with Gasteiger partial charge in [0.15, 0.2) is 0 Å². The van der Waals surface area contributed by atoms with Crippen LogP contribution in [0, 0.1) is 0 Å². The van der Waals surface area contributed by atoms with Crippen LogP contribution in [0.3, 0.4) is 0 Å². The van der Waals surface area contributed by atoms with Gasteiger partial charge >= 0.3 is 0 Å². The van der Waals surface area contributed by atoms with Gasteiger partial charge in [-0.05, 0) is 19.0 Å². The molecule has 0 aliphatic rings. The number of hydrogen-bond donors (Lipinski definition) is 1. The minimum Gasteiger partial charge on any atom is -0.496 e. The lowest BCUT2D eigenvalue weighted by atomic mass is 10.2. The van der Waals surface area contributed by atoms with E-state index in [1.54, 1.807) is 7.11 Å². The third-order valence-corrected chi connectivity index (χ3v) is 3.41. The molecule has 0 saturated carbocycles. The maximum absolute atomic E-state index is 10.9. The van der Waals surface area contributed by atoms with E-state index in [4.69, 9.17) is 4.74 Å². The van der Waals surface area contributed by atoms with Crippen molar-refractivity contribution in [3.05, 3.63) is 29.8 Å². The first-order chi connectivity index (χ1) is 8.03. The maximum atomic E-state index is 10.9. The van der Waals surface area contributed by atoms with E-state index in [1.165, 1.54) is 6.26 Å². The summed E-state index contributed by atoms with van der Waals surface area (Å²) >= 11 is 0. The van der Waals surface area contributed by atoms with Crippen LogP contribution < -0.4 is 10.1 Å². The van der Waals surface area contributed by atoms with Gasteiger partial charge in [-0.2, -0.15) is 0 Å². The molecular weight excluding hydrogens is 238 g/mol. The van der Waals surface area contributed by atoms with Crippen molar-refractivity contribution < 1.29 is 13.2 Å². The molecule has 4 nitrogen and oxygen atoms in total. The van der Waals surface area contributed by atoms with Gasteiger partial charge in [0.25, 0.3) is 0 Å². The van der Waals surface area contributed by atoms with Gasteiger partial charge in [0.05, 0.1) is 12.9 Å². The molecule has 0 bridgehead atoms. The Morgan fingerprint density at radius 2 is 2.00 bits per heavy atom. The van der Waals surface area contributed by atoms with E-state index in [-0.39, 0.29) is 5.75 Å². The highest BCUT2D eigenvalue weighted by atomic mass is 32.2. The molecule has 0 aliphatic carbocycles. The van der Waals surface area contributed by atoms with Gasteiger partial charge in [-0.1, -0.05) is 18.2 Å². The molecular formula is C12H19NO3S. The Hall–Kier alpha value is -1.07. The van der Waals surface area contributed by atoms with Crippen molar-refractivity contribution in [3.8, 4) is 5.75 Å². The van der Waals surface area contributed by atoms with Crippen molar-refractivity contribution in [2.45, 2.75) is 13.0 Å². The van der Waals surface area contributed by atoms with Crippen LogP contribution in [0.2, 0.25) is 0 Å². The minimum atomic E-state index is -2.85. The number of ether oxygens (including phenoxy) is 1.